The zero-order chi connectivity index (χ0) is 15.6. The lowest BCUT2D eigenvalue weighted by Gasteiger charge is -2.26. The molecule has 0 aliphatic carbocycles. The fourth-order valence-electron chi connectivity index (χ4n) is 2.46. The quantitative estimate of drug-likeness (QED) is 0.744. The van der Waals surface area contributed by atoms with E-state index in [-0.39, 0.29) is 11.2 Å². The van der Waals surface area contributed by atoms with Crippen LogP contribution < -0.4 is 0 Å². The van der Waals surface area contributed by atoms with Gasteiger partial charge in [-0.2, -0.15) is 0 Å². The molecule has 0 amide bonds. The first kappa shape index (κ1) is 16.2. The molecule has 3 nitrogen and oxygen atoms in total. The molecule has 0 aliphatic rings. The van der Waals surface area contributed by atoms with Gasteiger partial charge in [-0.3, -0.25) is 0 Å². The van der Waals surface area contributed by atoms with Crippen LogP contribution >= 0.6 is 11.6 Å². The third-order valence-electron chi connectivity index (χ3n) is 3.80. The van der Waals surface area contributed by atoms with Gasteiger partial charge in [0, 0.05) is 26.3 Å². The number of hydrogen-bond acceptors (Lipinski definition) is 2. The van der Waals surface area contributed by atoms with E-state index in [1.807, 2.05) is 6.07 Å². The van der Waals surface area contributed by atoms with E-state index in [2.05, 4.69) is 23.4 Å². The van der Waals surface area contributed by atoms with Crippen LogP contribution in [-0.2, 0) is 17.2 Å². The summed E-state index contributed by atoms with van der Waals surface area (Å²) in [6.45, 7) is 7.63. The molecule has 1 heterocycles. The van der Waals surface area contributed by atoms with E-state index in [0.29, 0.717) is 23.6 Å². The molecular formula is C16H22ClFN2O. The van der Waals surface area contributed by atoms with Gasteiger partial charge in [0.1, 0.15) is 11.6 Å². The van der Waals surface area contributed by atoms with Gasteiger partial charge in [0.2, 0.25) is 0 Å². The summed E-state index contributed by atoms with van der Waals surface area (Å²) in [5.74, 6) is 0.865. The monoisotopic (exact) mass is 312 g/mol. The number of rotatable bonds is 6. The van der Waals surface area contributed by atoms with Crippen molar-refractivity contribution in [3.05, 3.63) is 29.3 Å². The molecule has 1 aromatic carbocycles. The average Bonchev–Trinajstić information content (AvgIpc) is 2.74. The highest BCUT2D eigenvalue weighted by Gasteiger charge is 2.22. The van der Waals surface area contributed by atoms with Crippen molar-refractivity contribution in [1.29, 1.82) is 0 Å². The van der Waals surface area contributed by atoms with Crippen LogP contribution in [0.1, 0.15) is 31.7 Å². The van der Waals surface area contributed by atoms with Crippen LogP contribution in [0.5, 0.6) is 0 Å². The maximum atomic E-state index is 13.7. The van der Waals surface area contributed by atoms with Crippen LogP contribution in [0.2, 0.25) is 0 Å². The second-order valence-electron chi connectivity index (χ2n) is 6.24. The van der Waals surface area contributed by atoms with Gasteiger partial charge in [-0.25, -0.2) is 9.37 Å². The number of methoxy groups -OCH3 is 1. The Labute approximate surface area is 130 Å². The predicted octanol–water partition coefficient (Wildman–Crippen LogP) is 4.29. The molecular weight excluding hydrogens is 291 g/mol. The summed E-state index contributed by atoms with van der Waals surface area (Å²) in [6, 6.07) is 3.33. The minimum absolute atomic E-state index is 0.0484. The number of halogens is 2. The number of aromatic nitrogens is 2. The van der Waals surface area contributed by atoms with Gasteiger partial charge >= 0.3 is 0 Å². The topological polar surface area (TPSA) is 27.1 Å². The van der Waals surface area contributed by atoms with Gasteiger partial charge in [0.25, 0.3) is 0 Å². The molecule has 2 aromatic rings. The number of imidazole rings is 1. The molecule has 2 rings (SSSR count). The summed E-state index contributed by atoms with van der Waals surface area (Å²) in [6.07, 6.45) is 0.936. The molecule has 116 valence electrons. The molecule has 21 heavy (non-hydrogen) atoms. The highest BCUT2D eigenvalue weighted by molar-refractivity contribution is 6.16. The Kier molecular flexibility index (Phi) is 4.89. The molecule has 0 radical (unpaired) electrons. The molecule has 0 bridgehead atoms. The second-order valence-corrected chi connectivity index (χ2v) is 6.51. The largest absolute Gasteiger partial charge is 0.385 e. The van der Waals surface area contributed by atoms with Gasteiger partial charge in [0.15, 0.2) is 0 Å². The second kappa shape index (κ2) is 6.32. The van der Waals surface area contributed by atoms with Crippen molar-refractivity contribution in [3.8, 4) is 0 Å². The standard InChI is InChI=1S/C16H22ClFN2O/c1-11-7-14-13(8-12(11)18)19-15(9-17)20(14)10-16(2,3)5-6-21-4/h7-8H,5-6,9-10H2,1-4H3. The van der Waals surface area contributed by atoms with Crippen LogP contribution in [0.4, 0.5) is 4.39 Å². The molecule has 1 aromatic heterocycles. The summed E-state index contributed by atoms with van der Waals surface area (Å²) >= 11 is 6.01. The SMILES string of the molecule is COCCC(C)(C)Cn1c(CCl)nc2cc(F)c(C)cc21. The lowest BCUT2D eigenvalue weighted by atomic mass is 9.89. The maximum Gasteiger partial charge on any atom is 0.128 e. The fourth-order valence-corrected chi connectivity index (χ4v) is 2.67. The Morgan fingerprint density at radius 3 is 2.71 bits per heavy atom. The number of alkyl halides is 1. The van der Waals surface area contributed by atoms with Crippen molar-refractivity contribution in [2.24, 2.45) is 5.41 Å². The third-order valence-corrected chi connectivity index (χ3v) is 4.04. The summed E-state index contributed by atoms with van der Waals surface area (Å²) in [4.78, 5) is 4.46. The van der Waals surface area contributed by atoms with Crippen molar-refractivity contribution >= 4 is 22.6 Å². The highest BCUT2D eigenvalue weighted by Crippen LogP contribution is 2.28. The molecule has 0 fully saturated rings. The van der Waals surface area contributed by atoms with Gasteiger partial charge in [-0.05, 0) is 30.4 Å². The number of aryl methyl sites for hydroxylation is 1. The fraction of sp³-hybridized carbons (Fsp3) is 0.562. The first-order chi connectivity index (χ1) is 9.88. The Morgan fingerprint density at radius 1 is 1.38 bits per heavy atom. The number of benzene rings is 1. The molecule has 5 heteroatoms. The molecule has 0 spiro atoms. The molecule has 0 saturated carbocycles. The molecule has 0 aliphatic heterocycles. The summed E-state index contributed by atoms with van der Waals surface area (Å²) in [5.41, 5.74) is 2.28. The molecule has 0 saturated heterocycles. The van der Waals surface area contributed by atoms with E-state index in [1.54, 1.807) is 14.0 Å². The number of ether oxygens (including phenoxy) is 1. The Morgan fingerprint density at radius 2 is 2.10 bits per heavy atom. The zero-order valence-electron chi connectivity index (χ0n) is 13.0. The lowest BCUT2D eigenvalue weighted by molar-refractivity contribution is 0.143. The van der Waals surface area contributed by atoms with E-state index < -0.39 is 0 Å². The van der Waals surface area contributed by atoms with Crippen LogP contribution in [0.25, 0.3) is 11.0 Å². The maximum absolute atomic E-state index is 13.7. The van der Waals surface area contributed by atoms with Gasteiger partial charge in [-0.1, -0.05) is 13.8 Å². The van der Waals surface area contributed by atoms with Crippen molar-refractivity contribution in [1.82, 2.24) is 9.55 Å². The zero-order valence-corrected chi connectivity index (χ0v) is 13.8. The minimum Gasteiger partial charge on any atom is -0.385 e. The van der Waals surface area contributed by atoms with Crippen LogP contribution in [0.3, 0.4) is 0 Å². The number of nitrogens with zero attached hydrogens (tertiary/aromatic N) is 2. The summed E-state index contributed by atoms with van der Waals surface area (Å²) in [7, 11) is 1.71. The smallest absolute Gasteiger partial charge is 0.128 e. The van der Waals surface area contributed by atoms with Gasteiger partial charge in [0.05, 0.1) is 16.9 Å². The van der Waals surface area contributed by atoms with Crippen molar-refractivity contribution in [2.45, 2.75) is 39.6 Å². The van der Waals surface area contributed by atoms with E-state index >= 15 is 0 Å². The van der Waals surface area contributed by atoms with Gasteiger partial charge < -0.3 is 9.30 Å². The van der Waals surface area contributed by atoms with Crippen molar-refractivity contribution in [3.63, 3.8) is 0 Å². The Hall–Kier alpha value is -1.13. The molecule has 0 unspecified atom stereocenters. The first-order valence-electron chi connectivity index (χ1n) is 7.08. The van der Waals surface area contributed by atoms with E-state index in [9.17, 15) is 4.39 Å². The summed E-state index contributed by atoms with van der Waals surface area (Å²) < 4.78 is 21.0. The minimum atomic E-state index is -0.230. The van der Waals surface area contributed by atoms with E-state index in [0.717, 1.165) is 24.3 Å². The van der Waals surface area contributed by atoms with Crippen molar-refractivity contribution < 1.29 is 9.13 Å². The Bertz CT molecular complexity index is 637. The highest BCUT2D eigenvalue weighted by atomic mass is 35.5. The lowest BCUT2D eigenvalue weighted by Crippen LogP contribution is -2.22. The summed E-state index contributed by atoms with van der Waals surface area (Å²) in [5, 5.41) is 0. The number of hydrogen-bond donors (Lipinski definition) is 0. The van der Waals surface area contributed by atoms with Gasteiger partial charge in [-0.15, -0.1) is 11.6 Å². The third kappa shape index (κ3) is 3.55. The average molecular weight is 313 g/mol. The van der Waals surface area contributed by atoms with Crippen LogP contribution in [0, 0.1) is 18.2 Å². The van der Waals surface area contributed by atoms with Crippen molar-refractivity contribution in [2.75, 3.05) is 13.7 Å². The number of fused-ring (bicyclic) bond motifs is 1. The van der Waals surface area contributed by atoms with E-state index in [1.165, 1.54) is 6.07 Å². The van der Waals surface area contributed by atoms with Crippen LogP contribution in [-0.4, -0.2) is 23.3 Å². The predicted molar refractivity (Wildman–Crippen MR) is 84.3 cm³/mol. The van der Waals surface area contributed by atoms with E-state index in [4.69, 9.17) is 16.3 Å². The first-order valence-corrected chi connectivity index (χ1v) is 7.61. The normalized spacial score (nSPS) is 12.3. The molecule has 0 atom stereocenters. The Balaban J connectivity index is 2.44. The van der Waals surface area contributed by atoms with Crippen LogP contribution in [0.15, 0.2) is 12.1 Å². The molecule has 0 N–H and O–H groups in total.